The van der Waals surface area contributed by atoms with Crippen molar-refractivity contribution < 1.29 is 14.6 Å². The Kier molecular flexibility index (Phi) is 6.05. The molecule has 106 valence electrons. The summed E-state index contributed by atoms with van der Waals surface area (Å²) in [5, 5.41) is 13.3. The second-order valence-electron chi connectivity index (χ2n) is 4.97. The third-order valence-electron chi connectivity index (χ3n) is 3.75. The van der Waals surface area contributed by atoms with Crippen molar-refractivity contribution in [2.24, 2.45) is 0 Å². The molecule has 1 unspecified atom stereocenters. The molecule has 0 bridgehead atoms. The molecule has 0 aromatic heterocycles. The van der Waals surface area contributed by atoms with Crippen molar-refractivity contribution in [1.82, 2.24) is 10.2 Å². The molecule has 0 radical (unpaired) electrons. The molecule has 1 aliphatic rings. The molecule has 0 aliphatic carbocycles. The Balaban J connectivity index is 2.39. The van der Waals surface area contributed by atoms with Gasteiger partial charge in [0.15, 0.2) is 0 Å². The lowest BCUT2D eigenvalue weighted by atomic mass is 9.97. The summed E-state index contributed by atoms with van der Waals surface area (Å²) in [6, 6.07) is -0.257. The lowest BCUT2D eigenvalue weighted by molar-refractivity contribution is -0.137. The Morgan fingerprint density at radius 2 is 1.94 bits per heavy atom. The molecule has 18 heavy (non-hydrogen) atoms. The molecule has 1 amide bonds. The molecule has 0 aromatic rings. The van der Waals surface area contributed by atoms with E-state index in [2.05, 4.69) is 5.32 Å². The lowest BCUT2D eigenvalue weighted by Gasteiger charge is -2.31. The number of hydrogen-bond acceptors (Lipinski definition) is 4. The molecule has 1 aliphatic heterocycles. The van der Waals surface area contributed by atoms with Crippen molar-refractivity contribution in [2.45, 2.75) is 45.3 Å². The quantitative estimate of drug-likeness (QED) is 0.723. The average Bonchev–Trinajstić information content (AvgIpc) is 2.44. The van der Waals surface area contributed by atoms with Gasteiger partial charge >= 0.3 is 0 Å². The van der Waals surface area contributed by atoms with E-state index in [1.165, 1.54) is 0 Å². The summed E-state index contributed by atoms with van der Waals surface area (Å²) in [4.78, 5) is 13.9. The fourth-order valence-electron chi connectivity index (χ4n) is 1.99. The molecule has 1 rings (SSSR count). The summed E-state index contributed by atoms with van der Waals surface area (Å²) < 4.78 is 5.22. The van der Waals surface area contributed by atoms with Crippen molar-refractivity contribution >= 4 is 5.91 Å². The third kappa shape index (κ3) is 4.23. The number of carbonyl (C=O) groups is 1. The number of aliphatic hydroxyl groups is 1. The second-order valence-corrected chi connectivity index (χ2v) is 4.97. The van der Waals surface area contributed by atoms with E-state index in [1.807, 2.05) is 25.7 Å². The van der Waals surface area contributed by atoms with E-state index in [-0.39, 0.29) is 11.9 Å². The Hall–Kier alpha value is -0.650. The number of nitrogens with zero attached hydrogens (tertiary/aromatic N) is 1. The summed E-state index contributed by atoms with van der Waals surface area (Å²) in [5.74, 6) is 0.0906. The lowest BCUT2D eigenvalue weighted by Crippen LogP contribution is -2.52. The third-order valence-corrected chi connectivity index (χ3v) is 3.75. The Morgan fingerprint density at radius 1 is 1.39 bits per heavy atom. The minimum atomic E-state index is -0.709. The van der Waals surface area contributed by atoms with Gasteiger partial charge in [0.25, 0.3) is 0 Å². The van der Waals surface area contributed by atoms with Gasteiger partial charge in [-0.1, -0.05) is 13.8 Å². The van der Waals surface area contributed by atoms with Gasteiger partial charge in [-0.05, 0) is 19.8 Å². The topological polar surface area (TPSA) is 61.8 Å². The first-order valence-corrected chi connectivity index (χ1v) is 6.84. The van der Waals surface area contributed by atoms with Crippen LogP contribution in [0.3, 0.4) is 0 Å². The van der Waals surface area contributed by atoms with Gasteiger partial charge in [0, 0.05) is 19.6 Å². The van der Waals surface area contributed by atoms with Crippen LogP contribution in [0.1, 0.15) is 33.6 Å². The van der Waals surface area contributed by atoms with E-state index in [0.717, 1.165) is 0 Å². The van der Waals surface area contributed by atoms with Crippen LogP contribution in [0.15, 0.2) is 0 Å². The number of nitrogens with one attached hydrogen (secondary N) is 1. The number of rotatable bonds is 6. The van der Waals surface area contributed by atoms with Crippen LogP contribution < -0.4 is 5.32 Å². The molecule has 1 heterocycles. The molecular formula is C13H26N2O3. The van der Waals surface area contributed by atoms with E-state index in [9.17, 15) is 9.90 Å². The van der Waals surface area contributed by atoms with Crippen LogP contribution in [0, 0.1) is 0 Å². The molecule has 1 atom stereocenters. The van der Waals surface area contributed by atoms with Crippen LogP contribution in [0.2, 0.25) is 0 Å². The maximum atomic E-state index is 12.1. The molecule has 1 fully saturated rings. The van der Waals surface area contributed by atoms with Crippen molar-refractivity contribution in [3.8, 4) is 0 Å². The fourth-order valence-corrected chi connectivity index (χ4v) is 1.99. The Morgan fingerprint density at radius 3 is 2.44 bits per heavy atom. The SMILES string of the molecule is CCC(O)(CC)CNC(C)C(=O)N1CCOCC1. The number of hydrogen-bond donors (Lipinski definition) is 2. The van der Waals surface area contributed by atoms with Crippen LogP contribution in [0.5, 0.6) is 0 Å². The largest absolute Gasteiger partial charge is 0.389 e. The standard InChI is InChI=1S/C13H26N2O3/c1-4-13(17,5-2)10-14-11(3)12(16)15-6-8-18-9-7-15/h11,14,17H,4-10H2,1-3H3. The van der Waals surface area contributed by atoms with Gasteiger partial charge in [0.2, 0.25) is 5.91 Å². The van der Waals surface area contributed by atoms with Gasteiger partial charge in [-0.2, -0.15) is 0 Å². The van der Waals surface area contributed by atoms with Crippen molar-refractivity contribution in [2.75, 3.05) is 32.8 Å². The maximum absolute atomic E-state index is 12.1. The van der Waals surface area contributed by atoms with Gasteiger partial charge in [-0.25, -0.2) is 0 Å². The minimum absolute atomic E-state index is 0.0906. The predicted molar refractivity (Wildman–Crippen MR) is 70.4 cm³/mol. The molecular weight excluding hydrogens is 232 g/mol. The highest BCUT2D eigenvalue weighted by molar-refractivity contribution is 5.81. The minimum Gasteiger partial charge on any atom is -0.389 e. The summed E-state index contributed by atoms with van der Waals surface area (Å²) in [6.07, 6.45) is 1.38. The van der Waals surface area contributed by atoms with E-state index in [1.54, 1.807) is 0 Å². The first kappa shape index (κ1) is 15.4. The van der Waals surface area contributed by atoms with Crippen LogP contribution in [0.25, 0.3) is 0 Å². The van der Waals surface area contributed by atoms with Gasteiger partial charge in [-0.15, -0.1) is 0 Å². The summed E-state index contributed by atoms with van der Waals surface area (Å²) in [5.41, 5.74) is -0.709. The summed E-state index contributed by atoms with van der Waals surface area (Å²) >= 11 is 0. The number of amides is 1. The molecule has 5 heteroatoms. The highest BCUT2D eigenvalue weighted by Crippen LogP contribution is 2.13. The normalized spacial score (nSPS) is 18.8. The van der Waals surface area contributed by atoms with E-state index in [4.69, 9.17) is 4.74 Å². The van der Waals surface area contributed by atoms with Crippen molar-refractivity contribution in [3.63, 3.8) is 0 Å². The Labute approximate surface area is 109 Å². The molecule has 0 aromatic carbocycles. The van der Waals surface area contributed by atoms with Crippen molar-refractivity contribution in [1.29, 1.82) is 0 Å². The Bertz CT molecular complexity index is 261. The molecule has 0 saturated carbocycles. The first-order valence-electron chi connectivity index (χ1n) is 6.84. The highest BCUT2D eigenvalue weighted by Gasteiger charge is 2.26. The maximum Gasteiger partial charge on any atom is 0.239 e. The predicted octanol–water partition coefficient (Wildman–Crippen LogP) is 0.374. The van der Waals surface area contributed by atoms with Crippen LogP contribution in [0.4, 0.5) is 0 Å². The van der Waals surface area contributed by atoms with Crippen LogP contribution in [-0.2, 0) is 9.53 Å². The molecule has 2 N–H and O–H groups in total. The van der Waals surface area contributed by atoms with E-state index < -0.39 is 5.60 Å². The van der Waals surface area contributed by atoms with Gasteiger partial charge in [-0.3, -0.25) is 4.79 Å². The van der Waals surface area contributed by atoms with Gasteiger partial charge in [0.1, 0.15) is 0 Å². The average molecular weight is 258 g/mol. The number of morpholine rings is 1. The van der Waals surface area contributed by atoms with Gasteiger partial charge < -0.3 is 20.1 Å². The molecule has 5 nitrogen and oxygen atoms in total. The number of carbonyl (C=O) groups excluding carboxylic acids is 1. The van der Waals surface area contributed by atoms with E-state index >= 15 is 0 Å². The zero-order valence-electron chi connectivity index (χ0n) is 11.7. The fraction of sp³-hybridized carbons (Fsp3) is 0.923. The summed E-state index contributed by atoms with van der Waals surface area (Å²) in [7, 11) is 0. The molecule has 1 saturated heterocycles. The molecule has 0 spiro atoms. The monoisotopic (exact) mass is 258 g/mol. The smallest absolute Gasteiger partial charge is 0.239 e. The van der Waals surface area contributed by atoms with Crippen molar-refractivity contribution in [3.05, 3.63) is 0 Å². The van der Waals surface area contributed by atoms with Crippen LogP contribution >= 0.6 is 0 Å². The zero-order chi connectivity index (χ0) is 13.6. The van der Waals surface area contributed by atoms with Crippen LogP contribution in [-0.4, -0.2) is 60.4 Å². The van der Waals surface area contributed by atoms with Gasteiger partial charge in [0.05, 0.1) is 24.9 Å². The second kappa shape index (κ2) is 7.07. The highest BCUT2D eigenvalue weighted by atomic mass is 16.5. The zero-order valence-corrected chi connectivity index (χ0v) is 11.7. The number of ether oxygens (including phenoxy) is 1. The summed E-state index contributed by atoms with van der Waals surface area (Å²) in [6.45, 7) is 8.78. The first-order chi connectivity index (χ1) is 8.52. The van der Waals surface area contributed by atoms with E-state index in [0.29, 0.717) is 45.7 Å².